The molecule has 0 saturated heterocycles. The van der Waals surface area contributed by atoms with Gasteiger partial charge in [-0.1, -0.05) is 66.6 Å². The van der Waals surface area contributed by atoms with Crippen LogP contribution in [0.25, 0.3) is 10.4 Å². The van der Waals surface area contributed by atoms with Crippen molar-refractivity contribution >= 4 is 35.1 Å². The lowest BCUT2D eigenvalue weighted by molar-refractivity contribution is -0.384. The van der Waals surface area contributed by atoms with Gasteiger partial charge < -0.3 is 62.7 Å². The standard InChI is InChI=1S/C56H80N6O18/c1-2-58-21-7-6-12-53(54(65)40-46-13-15-47(16-14-46)42-79-56(67)80-52-19-17-49(18-20-52)62(68)69)60-55(66)48(39-45-9-4-3-5-10-45)41-51(64)44-78-43-50(63)11-8-23-70-25-27-72-29-31-74-33-35-76-37-38-77-36-34-75-32-30-73-28-26-71-24-22-59-61-57/h3-5,9-10,13-20,48,53,58H,2,6-8,11-12,21-44H2,1H3,(H,60,66)/i1T. The Labute approximate surface area is 469 Å². The molecule has 0 fully saturated rings. The maximum Gasteiger partial charge on any atom is 0.514 e. The highest BCUT2D eigenvalue weighted by Gasteiger charge is 2.28. The fourth-order valence-electron chi connectivity index (χ4n) is 7.31. The van der Waals surface area contributed by atoms with Gasteiger partial charge in [0.25, 0.3) is 5.69 Å². The number of nitrogens with one attached hydrogen (secondary N) is 2. The Kier molecular flexibility index (Phi) is 37.6. The van der Waals surface area contributed by atoms with Gasteiger partial charge in [-0.15, -0.1) is 0 Å². The Morgan fingerprint density at radius 3 is 1.76 bits per heavy atom. The number of rotatable bonds is 51. The second-order valence-corrected chi connectivity index (χ2v) is 17.8. The third kappa shape index (κ3) is 34.7. The Balaban J connectivity index is 1.29. The van der Waals surface area contributed by atoms with Gasteiger partial charge in [-0.25, -0.2) is 4.79 Å². The molecule has 3 rings (SSSR count). The summed E-state index contributed by atoms with van der Waals surface area (Å²) in [6.07, 6.45) is 1.36. The number of amides is 1. The molecule has 0 bridgehead atoms. The lowest BCUT2D eigenvalue weighted by Gasteiger charge is -2.22. The number of unbranched alkanes of at least 4 members (excludes halogenated alkanes) is 1. The predicted molar refractivity (Wildman–Crippen MR) is 292 cm³/mol. The van der Waals surface area contributed by atoms with Crippen molar-refractivity contribution in [3.8, 4) is 5.75 Å². The zero-order chi connectivity index (χ0) is 58.2. The van der Waals surface area contributed by atoms with E-state index < -0.39 is 28.9 Å². The average molecular weight is 1130 g/mol. The van der Waals surface area contributed by atoms with Crippen LogP contribution in [-0.4, -0.2) is 179 Å². The van der Waals surface area contributed by atoms with Crippen molar-refractivity contribution in [3.63, 3.8) is 0 Å². The molecule has 24 heteroatoms. The number of nitro benzene ring substituents is 1. The number of carbonyl (C=O) groups is 5. The lowest BCUT2D eigenvalue weighted by atomic mass is 9.92. The molecule has 3 aromatic carbocycles. The number of hydrogen-bond acceptors (Lipinski definition) is 20. The highest BCUT2D eigenvalue weighted by atomic mass is 16.7. The summed E-state index contributed by atoms with van der Waals surface area (Å²) in [5.41, 5.74) is 10.1. The van der Waals surface area contributed by atoms with E-state index in [9.17, 15) is 34.1 Å². The smallest absolute Gasteiger partial charge is 0.429 e. The Hall–Kier alpha value is -6.28. The Morgan fingerprint density at radius 2 is 1.20 bits per heavy atom. The first-order valence-corrected chi connectivity index (χ1v) is 26.9. The number of hydrogen-bond donors (Lipinski definition) is 2. The first-order valence-electron chi connectivity index (χ1n) is 27.6. The van der Waals surface area contributed by atoms with Crippen LogP contribution in [-0.2, 0) is 86.0 Å². The molecule has 0 heterocycles. The third-order valence-corrected chi connectivity index (χ3v) is 11.4. The molecule has 442 valence electrons. The van der Waals surface area contributed by atoms with Gasteiger partial charge in [0.15, 0.2) is 17.3 Å². The van der Waals surface area contributed by atoms with Crippen LogP contribution in [0.15, 0.2) is 84.0 Å². The molecule has 80 heavy (non-hydrogen) atoms. The molecule has 0 saturated carbocycles. The summed E-state index contributed by atoms with van der Waals surface area (Å²) in [6.45, 7) is 7.53. The summed E-state index contributed by atoms with van der Waals surface area (Å²) in [5.74, 6) is -2.01. The highest BCUT2D eigenvalue weighted by Crippen LogP contribution is 2.19. The Morgan fingerprint density at radius 1 is 0.650 bits per heavy atom. The number of ketones is 3. The van der Waals surface area contributed by atoms with Gasteiger partial charge in [0, 0.05) is 56.7 Å². The van der Waals surface area contributed by atoms with Crippen molar-refractivity contribution < 1.29 is 82.4 Å². The molecule has 0 aliphatic rings. The molecule has 3 aromatic rings. The van der Waals surface area contributed by atoms with E-state index in [1.165, 1.54) is 24.3 Å². The number of nitro groups is 1. The molecule has 2 unspecified atom stereocenters. The van der Waals surface area contributed by atoms with E-state index in [4.69, 9.17) is 59.0 Å². The van der Waals surface area contributed by atoms with E-state index in [0.29, 0.717) is 162 Å². The largest absolute Gasteiger partial charge is 0.514 e. The lowest BCUT2D eigenvalue weighted by Crippen LogP contribution is -2.45. The van der Waals surface area contributed by atoms with Gasteiger partial charge in [0.1, 0.15) is 25.6 Å². The molecule has 24 nitrogen and oxygen atoms in total. The van der Waals surface area contributed by atoms with E-state index in [1.807, 2.05) is 30.3 Å². The van der Waals surface area contributed by atoms with Crippen molar-refractivity contribution in [3.05, 3.63) is 116 Å². The second-order valence-electron chi connectivity index (χ2n) is 17.8. The number of Topliss-reactive ketones (excluding diaryl/α,β-unsaturated/α-hetero) is 3. The van der Waals surface area contributed by atoms with E-state index in [0.717, 1.165) is 5.56 Å². The van der Waals surface area contributed by atoms with Crippen molar-refractivity contribution in [2.45, 2.75) is 70.9 Å². The molecule has 0 aliphatic carbocycles. The van der Waals surface area contributed by atoms with Crippen molar-refractivity contribution in [2.75, 3.05) is 139 Å². The molecule has 2 N–H and O–H groups in total. The van der Waals surface area contributed by atoms with Crippen molar-refractivity contribution in [1.29, 1.82) is 0 Å². The monoisotopic (exact) mass is 1130 g/mol. The normalized spacial score (nSPS) is 12.0. The van der Waals surface area contributed by atoms with Crippen LogP contribution in [0.1, 0.15) is 63.5 Å². The zero-order valence-corrected chi connectivity index (χ0v) is 45.7. The van der Waals surface area contributed by atoms with Crippen molar-refractivity contribution in [2.24, 2.45) is 11.0 Å². The topological polar surface area (TPSA) is 303 Å². The van der Waals surface area contributed by atoms with Gasteiger partial charge in [-0.2, -0.15) is 0 Å². The van der Waals surface area contributed by atoms with Gasteiger partial charge >= 0.3 is 6.16 Å². The van der Waals surface area contributed by atoms with Gasteiger partial charge in [-0.3, -0.25) is 29.3 Å². The van der Waals surface area contributed by atoms with Crippen LogP contribution in [0.5, 0.6) is 5.75 Å². The molecule has 0 aliphatic heterocycles. The number of non-ortho nitro benzene ring substituents is 1. The molecule has 0 aromatic heterocycles. The predicted octanol–water partition coefficient (Wildman–Crippen LogP) is 6.31. The van der Waals surface area contributed by atoms with E-state index in [2.05, 4.69) is 20.7 Å². The van der Waals surface area contributed by atoms with E-state index in [-0.39, 0.29) is 81.2 Å². The SMILES string of the molecule is [3H]CCNCCCCC(NC(=O)C(CC(=O)COCC(=O)CCCOCCOCCOCCOCCOCCOCCOCCOCCN=[N+]=[N-])Cc1ccccc1)C(=O)Cc1ccc(COC(=O)Oc2ccc([N+](=O)[O-])cc2)cc1. The van der Waals surface area contributed by atoms with Gasteiger partial charge in [0.2, 0.25) is 5.91 Å². The minimum Gasteiger partial charge on any atom is -0.429 e. The summed E-state index contributed by atoms with van der Waals surface area (Å²) in [7, 11) is 0. The summed E-state index contributed by atoms with van der Waals surface area (Å²) >= 11 is 0. The van der Waals surface area contributed by atoms with E-state index in [1.54, 1.807) is 24.3 Å². The van der Waals surface area contributed by atoms with Crippen LogP contribution in [0.2, 0.25) is 0 Å². The Bertz CT molecular complexity index is 2250. The van der Waals surface area contributed by atoms with Crippen LogP contribution in [0, 0.1) is 16.0 Å². The summed E-state index contributed by atoms with van der Waals surface area (Å²) in [6, 6.07) is 20.2. The minimum atomic E-state index is -1.00. The molecular weight excluding hydrogens is 1040 g/mol. The van der Waals surface area contributed by atoms with Crippen LogP contribution < -0.4 is 15.4 Å². The molecular formula is C56H80N6O18. The second kappa shape index (κ2) is 45.4. The average Bonchev–Trinajstić information content (AvgIpc) is 3.46. The van der Waals surface area contributed by atoms with Crippen LogP contribution in [0.4, 0.5) is 10.5 Å². The van der Waals surface area contributed by atoms with Gasteiger partial charge in [-0.05, 0) is 79.5 Å². The third-order valence-electron chi connectivity index (χ3n) is 11.4. The maximum absolute atomic E-state index is 14.1. The minimum absolute atomic E-state index is 0.00956. The molecule has 0 spiro atoms. The maximum atomic E-state index is 14.1. The molecule has 0 radical (unpaired) electrons. The number of ether oxygens (including phenoxy) is 11. The molecule has 1 amide bonds. The quantitative estimate of drug-likeness (QED) is 0.00914. The van der Waals surface area contributed by atoms with Crippen LogP contribution in [0.3, 0.4) is 0 Å². The highest BCUT2D eigenvalue weighted by molar-refractivity contribution is 5.93. The summed E-state index contributed by atoms with van der Waals surface area (Å²) < 4.78 is 66.8. The van der Waals surface area contributed by atoms with Crippen molar-refractivity contribution in [1.82, 2.24) is 10.6 Å². The number of carbonyl (C=O) groups excluding carboxylic acids is 5. The van der Waals surface area contributed by atoms with Gasteiger partial charge in [0.05, 0.1) is 110 Å². The zero-order valence-electron chi connectivity index (χ0n) is 46.7. The number of benzene rings is 3. The molecule has 2 atom stereocenters. The first kappa shape index (κ1) is 66.2. The van der Waals surface area contributed by atoms with Crippen LogP contribution >= 0.6 is 0 Å². The summed E-state index contributed by atoms with van der Waals surface area (Å²) in [5, 5.41) is 20.4. The first-order chi connectivity index (χ1) is 39.6. The van der Waals surface area contributed by atoms with E-state index >= 15 is 0 Å². The number of azide groups is 1. The number of nitrogens with zero attached hydrogens (tertiary/aromatic N) is 4. The fraction of sp³-hybridized carbons (Fsp3) is 0.589. The fourth-order valence-corrected chi connectivity index (χ4v) is 7.31. The summed E-state index contributed by atoms with van der Waals surface area (Å²) in [4.78, 5) is 79.0.